The molecule has 1 N–H and O–H groups in total. The van der Waals surface area contributed by atoms with E-state index in [1.807, 2.05) is 18.7 Å². The fourth-order valence-corrected chi connectivity index (χ4v) is 4.35. The number of nitrogens with zero attached hydrogens (tertiary/aromatic N) is 1. The zero-order chi connectivity index (χ0) is 18.1. The van der Waals surface area contributed by atoms with Crippen molar-refractivity contribution in [1.82, 2.24) is 4.90 Å². The summed E-state index contributed by atoms with van der Waals surface area (Å²) < 4.78 is 5.34. The average molecular weight is 359 g/mol. The predicted octanol–water partition coefficient (Wildman–Crippen LogP) is 3.59. The summed E-state index contributed by atoms with van der Waals surface area (Å²) in [4.78, 5) is 27.0. The molecular formula is C19H21NO4S. The lowest BCUT2D eigenvalue weighted by Gasteiger charge is -2.34. The minimum Gasteiger partial charge on any atom is -0.481 e. The molecule has 5 nitrogen and oxygen atoms in total. The number of carboxylic acid groups (broad SMARTS) is 1. The average Bonchev–Trinajstić information content (AvgIpc) is 3.03. The van der Waals surface area contributed by atoms with Crippen LogP contribution < -0.4 is 4.74 Å². The number of carboxylic acids is 1. The molecule has 0 bridgehead atoms. The van der Waals surface area contributed by atoms with Crippen LogP contribution in [0.2, 0.25) is 0 Å². The van der Waals surface area contributed by atoms with Crippen LogP contribution >= 0.6 is 11.3 Å². The molecule has 3 rings (SSSR count). The number of thiophene rings is 1. The van der Waals surface area contributed by atoms with Gasteiger partial charge in [-0.15, -0.1) is 11.3 Å². The third-order valence-corrected chi connectivity index (χ3v) is 5.58. The van der Waals surface area contributed by atoms with E-state index in [-0.39, 0.29) is 18.6 Å². The summed E-state index contributed by atoms with van der Waals surface area (Å²) >= 11 is 1.75. The smallest absolute Gasteiger partial charge is 0.341 e. The van der Waals surface area contributed by atoms with Crippen LogP contribution in [0, 0.1) is 13.8 Å². The molecular weight excluding hydrogens is 338 g/mol. The first-order valence-corrected chi connectivity index (χ1v) is 9.09. The first-order chi connectivity index (χ1) is 11.9. The Bertz CT molecular complexity index is 804. The molecule has 1 aliphatic heterocycles. The minimum atomic E-state index is -1.02. The Morgan fingerprint density at radius 3 is 2.64 bits per heavy atom. The number of carbonyl (C=O) groups is 2. The van der Waals surface area contributed by atoms with Gasteiger partial charge in [-0.05, 0) is 67.5 Å². The first kappa shape index (κ1) is 17.5. The predicted molar refractivity (Wildman–Crippen MR) is 96.5 cm³/mol. The Hall–Kier alpha value is -2.34. The van der Waals surface area contributed by atoms with E-state index in [4.69, 9.17) is 9.84 Å². The van der Waals surface area contributed by atoms with Gasteiger partial charge in [-0.2, -0.15) is 0 Å². The molecule has 132 valence electrons. The van der Waals surface area contributed by atoms with Crippen molar-refractivity contribution in [2.75, 3.05) is 13.2 Å². The van der Waals surface area contributed by atoms with Crippen LogP contribution in [-0.4, -0.2) is 35.0 Å². The van der Waals surface area contributed by atoms with E-state index in [2.05, 4.69) is 18.4 Å². The number of amides is 1. The number of hydrogen-bond acceptors (Lipinski definition) is 4. The van der Waals surface area contributed by atoms with Crippen LogP contribution in [0.1, 0.15) is 44.9 Å². The number of aliphatic carboxylic acids is 1. The normalized spacial score (nSPS) is 16.4. The van der Waals surface area contributed by atoms with Gasteiger partial charge >= 0.3 is 5.97 Å². The first-order valence-electron chi connectivity index (χ1n) is 8.21. The number of aryl methyl sites for hydroxylation is 2. The standard InChI is InChI=1S/C19H21NO4S/c1-11-8-14(9-12(2)18(11)24-10-17(21)22)19(23)20-6-4-16-15(13(20)3)5-7-25-16/h5,7-9,13H,4,6,10H2,1-3H3,(H,21,22). The van der Waals surface area contributed by atoms with Gasteiger partial charge in [0.05, 0.1) is 6.04 Å². The molecule has 0 radical (unpaired) electrons. The SMILES string of the molecule is Cc1cc(C(=O)N2CCc3sccc3C2C)cc(C)c1OCC(=O)O. The Labute approximate surface area is 150 Å². The van der Waals surface area contributed by atoms with Crippen molar-refractivity contribution >= 4 is 23.2 Å². The van der Waals surface area contributed by atoms with E-state index < -0.39 is 5.97 Å². The van der Waals surface area contributed by atoms with Gasteiger partial charge in [0, 0.05) is 17.0 Å². The summed E-state index contributed by atoms with van der Waals surface area (Å²) in [6.45, 7) is 6.05. The highest BCUT2D eigenvalue weighted by Gasteiger charge is 2.29. The van der Waals surface area contributed by atoms with Gasteiger partial charge in [0.15, 0.2) is 6.61 Å². The lowest BCUT2D eigenvalue weighted by Crippen LogP contribution is -2.38. The second kappa shape index (κ2) is 6.88. The summed E-state index contributed by atoms with van der Waals surface area (Å²) in [5, 5.41) is 10.9. The largest absolute Gasteiger partial charge is 0.481 e. The quantitative estimate of drug-likeness (QED) is 0.906. The summed E-state index contributed by atoms with van der Waals surface area (Å²) in [6.07, 6.45) is 0.890. The highest BCUT2D eigenvalue weighted by atomic mass is 32.1. The molecule has 1 unspecified atom stereocenters. The second-order valence-electron chi connectivity index (χ2n) is 6.35. The van der Waals surface area contributed by atoms with Gasteiger partial charge < -0.3 is 14.7 Å². The molecule has 0 aliphatic carbocycles. The van der Waals surface area contributed by atoms with Crippen molar-refractivity contribution in [2.24, 2.45) is 0 Å². The number of carbonyl (C=O) groups excluding carboxylic acids is 1. The molecule has 1 aromatic carbocycles. The highest BCUT2D eigenvalue weighted by Crippen LogP contribution is 2.34. The number of fused-ring (bicyclic) bond motifs is 1. The molecule has 2 heterocycles. The minimum absolute atomic E-state index is 0.000310. The molecule has 1 amide bonds. The van der Waals surface area contributed by atoms with Crippen LogP contribution in [0.4, 0.5) is 0 Å². The molecule has 0 spiro atoms. The fraction of sp³-hybridized carbons (Fsp3) is 0.368. The zero-order valence-electron chi connectivity index (χ0n) is 14.5. The van der Waals surface area contributed by atoms with Crippen LogP contribution in [0.25, 0.3) is 0 Å². The summed E-state index contributed by atoms with van der Waals surface area (Å²) in [5.41, 5.74) is 3.39. The van der Waals surface area contributed by atoms with Gasteiger partial charge in [-0.25, -0.2) is 4.79 Å². The summed E-state index contributed by atoms with van der Waals surface area (Å²) in [7, 11) is 0. The van der Waals surface area contributed by atoms with Crippen molar-refractivity contribution in [2.45, 2.75) is 33.2 Å². The Balaban J connectivity index is 1.84. The maximum atomic E-state index is 13.0. The number of ether oxygens (including phenoxy) is 1. The maximum Gasteiger partial charge on any atom is 0.341 e. The van der Waals surface area contributed by atoms with E-state index in [1.54, 1.807) is 23.5 Å². The molecule has 0 saturated carbocycles. The van der Waals surface area contributed by atoms with E-state index in [0.29, 0.717) is 17.9 Å². The molecule has 6 heteroatoms. The lowest BCUT2D eigenvalue weighted by atomic mass is 9.99. The fourth-order valence-electron chi connectivity index (χ4n) is 3.39. The van der Waals surface area contributed by atoms with Gasteiger partial charge in [0.1, 0.15) is 5.75 Å². The maximum absolute atomic E-state index is 13.0. The van der Waals surface area contributed by atoms with E-state index in [1.165, 1.54) is 10.4 Å². The van der Waals surface area contributed by atoms with Crippen molar-refractivity contribution in [3.05, 3.63) is 50.7 Å². The molecule has 1 aliphatic rings. The Kier molecular flexibility index (Phi) is 4.81. The van der Waals surface area contributed by atoms with Gasteiger partial charge in [-0.1, -0.05) is 0 Å². The molecule has 2 aromatic rings. The van der Waals surface area contributed by atoms with Crippen molar-refractivity contribution < 1.29 is 19.4 Å². The van der Waals surface area contributed by atoms with Crippen molar-refractivity contribution in [3.8, 4) is 5.75 Å². The van der Waals surface area contributed by atoms with E-state index in [0.717, 1.165) is 17.5 Å². The second-order valence-corrected chi connectivity index (χ2v) is 7.35. The third-order valence-electron chi connectivity index (χ3n) is 4.59. The van der Waals surface area contributed by atoms with Gasteiger partial charge in [0.25, 0.3) is 5.91 Å². The molecule has 0 saturated heterocycles. The Morgan fingerprint density at radius 2 is 2.00 bits per heavy atom. The van der Waals surface area contributed by atoms with Gasteiger partial charge in [-0.3, -0.25) is 4.79 Å². The lowest BCUT2D eigenvalue weighted by molar-refractivity contribution is -0.139. The molecule has 1 atom stereocenters. The zero-order valence-corrected chi connectivity index (χ0v) is 15.4. The summed E-state index contributed by atoms with van der Waals surface area (Å²) in [6, 6.07) is 5.72. The van der Waals surface area contributed by atoms with Crippen molar-refractivity contribution in [1.29, 1.82) is 0 Å². The van der Waals surface area contributed by atoms with Crippen molar-refractivity contribution in [3.63, 3.8) is 0 Å². The Morgan fingerprint density at radius 1 is 1.32 bits per heavy atom. The van der Waals surface area contributed by atoms with E-state index in [9.17, 15) is 9.59 Å². The molecule has 1 aromatic heterocycles. The van der Waals surface area contributed by atoms with Crippen LogP contribution in [0.3, 0.4) is 0 Å². The topological polar surface area (TPSA) is 66.8 Å². The third kappa shape index (κ3) is 3.39. The van der Waals surface area contributed by atoms with Crippen LogP contribution in [0.5, 0.6) is 5.75 Å². The van der Waals surface area contributed by atoms with Crippen LogP contribution in [0.15, 0.2) is 23.6 Å². The summed E-state index contributed by atoms with van der Waals surface area (Å²) in [5.74, 6) is -0.487. The highest BCUT2D eigenvalue weighted by molar-refractivity contribution is 7.10. The van der Waals surface area contributed by atoms with Crippen LogP contribution in [-0.2, 0) is 11.2 Å². The van der Waals surface area contributed by atoms with E-state index >= 15 is 0 Å². The van der Waals surface area contributed by atoms with Gasteiger partial charge in [0.2, 0.25) is 0 Å². The molecule has 0 fully saturated rings. The number of rotatable bonds is 4. The molecule has 25 heavy (non-hydrogen) atoms. The number of benzene rings is 1. The monoisotopic (exact) mass is 359 g/mol. The number of hydrogen-bond donors (Lipinski definition) is 1.